The molecule has 0 aliphatic carbocycles. The van der Waals surface area contributed by atoms with Gasteiger partial charge in [0.2, 0.25) is 8.32 Å². The van der Waals surface area contributed by atoms with E-state index in [4.69, 9.17) is 4.43 Å². The summed E-state index contributed by atoms with van der Waals surface area (Å²) in [6.07, 6.45) is 0. The molecule has 0 spiro atoms. The molecule has 21 heavy (non-hydrogen) atoms. The third kappa shape index (κ3) is 4.11. The first-order valence-electron chi connectivity index (χ1n) is 7.39. The first-order valence-corrected chi connectivity index (χ1v) is 10.3. The Kier molecular flexibility index (Phi) is 4.42. The molecule has 2 aromatic carbocycles. The predicted octanol–water partition coefficient (Wildman–Crippen LogP) is 5.81. The minimum Gasteiger partial charge on any atom is -0.544 e. The first kappa shape index (κ1) is 15.6. The van der Waals surface area contributed by atoms with Crippen LogP contribution in [0.1, 0.15) is 20.8 Å². The van der Waals surface area contributed by atoms with Crippen LogP contribution in [0.5, 0.6) is 5.75 Å². The lowest BCUT2D eigenvalue weighted by molar-refractivity contribution is 0.492. The van der Waals surface area contributed by atoms with Crippen LogP contribution in [0, 0.1) is 0 Å². The van der Waals surface area contributed by atoms with E-state index in [1.807, 2.05) is 30.3 Å². The molecule has 0 atom stereocenters. The molecule has 0 saturated heterocycles. The molecule has 0 heterocycles. The summed E-state index contributed by atoms with van der Waals surface area (Å²) in [7, 11) is -1.76. The Morgan fingerprint density at radius 1 is 0.810 bits per heavy atom. The van der Waals surface area contributed by atoms with Crippen molar-refractivity contribution in [3.63, 3.8) is 0 Å². The molecule has 2 rings (SSSR count). The van der Waals surface area contributed by atoms with E-state index >= 15 is 0 Å². The van der Waals surface area contributed by atoms with Crippen molar-refractivity contribution >= 4 is 19.7 Å². The van der Waals surface area contributed by atoms with Gasteiger partial charge in [0.25, 0.3) is 0 Å². The quantitative estimate of drug-likeness (QED) is 0.719. The molecule has 3 heteroatoms. The molecule has 1 N–H and O–H groups in total. The van der Waals surface area contributed by atoms with Gasteiger partial charge < -0.3 is 9.74 Å². The molecule has 0 amide bonds. The third-order valence-corrected chi connectivity index (χ3v) is 8.45. The van der Waals surface area contributed by atoms with Crippen LogP contribution in [0.2, 0.25) is 18.1 Å². The summed E-state index contributed by atoms with van der Waals surface area (Å²) in [6, 6.07) is 18.4. The fraction of sp³-hybridized carbons (Fsp3) is 0.333. The molecular weight excluding hydrogens is 274 g/mol. The average molecular weight is 299 g/mol. The fourth-order valence-corrected chi connectivity index (χ4v) is 2.77. The van der Waals surface area contributed by atoms with Crippen molar-refractivity contribution in [2.75, 3.05) is 5.32 Å². The van der Waals surface area contributed by atoms with Crippen molar-refractivity contribution in [1.82, 2.24) is 0 Å². The maximum absolute atomic E-state index is 6.28. The highest BCUT2D eigenvalue weighted by atomic mass is 28.4. The summed E-state index contributed by atoms with van der Waals surface area (Å²) in [4.78, 5) is 0. The molecule has 0 unspecified atom stereocenters. The zero-order valence-electron chi connectivity index (χ0n) is 13.6. The number of nitrogens with one attached hydrogen (secondary N) is 1. The van der Waals surface area contributed by atoms with Crippen LogP contribution in [0.25, 0.3) is 0 Å². The number of rotatable bonds is 4. The van der Waals surface area contributed by atoms with Crippen molar-refractivity contribution < 1.29 is 4.43 Å². The van der Waals surface area contributed by atoms with Crippen LogP contribution in [-0.2, 0) is 0 Å². The molecule has 0 saturated carbocycles. The molecule has 0 fully saturated rings. The van der Waals surface area contributed by atoms with Gasteiger partial charge in [0.05, 0.1) is 0 Å². The maximum atomic E-state index is 6.28. The minimum atomic E-state index is -1.76. The van der Waals surface area contributed by atoms with Gasteiger partial charge in [-0.1, -0.05) is 39.0 Å². The highest BCUT2D eigenvalue weighted by Crippen LogP contribution is 2.37. The molecule has 0 aliphatic heterocycles. The van der Waals surface area contributed by atoms with E-state index in [2.05, 4.69) is 63.4 Å². The van der Waals surface area contributed by atoms with Gasteiger partial charge in [-0.25, -0.2) is 0 Å². The first-order chi connectivity index (χ1) is 9.78. The second-order valence-corrected chi connectivity index (χ2v) is 11.6. The third-order valence-electron chi connectivity index (χ3n) is 4.10. The van der Waals surface area contributed by atoms with Gasteiger partial charge in [0.1, 0.15) is 5.75 Å². The van der Waals surface area contributed by atoms with Gasteiger partial charge in [-0.2, -0.15) is 0 Å². The smallest absolute Gasteiger partial charge is 0.250 e. The number of para-hydroxylation sites is 1. The van der Waals surface area contributed by atoms with Crippen LogP contribution in [0.4, 0.5) is 11.4 Å². The van der Waals surface area contributed by atoms with E-state index < -0.39 is 8.32 Å². The summed E-state index contributed by atoms with van der Waals surface area (Å²) >= 11 is 0. The van der Waals surface area contributed by atoms with Gasteiger partial charge in [-0.3, -0.25) is 0 Å². The van der Waals surface area contributed by atoms with E-state index in [1.54, 1.807) is 0 Å². The highest BCUT2D eigenvalue weighted by molar-refractivity contribution is 6.74. The lowest BCUT2D eigenvalue weighted by Gasteiger charge is -2.36. The monoisotopic (exact) mass is 299 g/mol. The largest absolute Gasteiger partial charge is 0.544 e. The van der Waals surface area contributed by atoms with Crippen LogP contribution in [0.15, 0.2) is 54.6 Å². The van der Waals surface area contributed by atoms with Gasteiger partial charge in [0.15, 0.2) is 0 Å². The van der Waals surface area contributed by atoms with Crippen molar-refractivity contribution in [1.29, 1.82) is 0 Å². The predicted molar refractivity (Wildman–Crippen MR) is 94.0 cm³/mol. The Morgan fingerprint density at radius 3 is 1.86 bits per heavy atom. The Labute approximate surface area is 129 Å². The summed E-state index contributed by atoms with van der Waals surface area (Å²) < 4.78 is 6.28. The molecule has 0 bridgehead atoms. The summed E-state index contributed by atoms with van der Waals surface area (Å²) in [6.45, 7) is 11.3. The Hall–Kier alpha value is -1.74. The minimum absolute atomic E-state index is 0.216. The molecule has 2 nitrogen and oxygen atoms in total. The van der Waals surface area contributed by atoms with E-state index in [0.717, 1.165) is 17.1 Å². The molecule has 112 valence electrons. The van der Waals surface area contributed by atoms with E-state index in [1.165, 1.54) is 0 Å². The zero-order valence-corrected chi connectivity index (χ0v) is 14.6. The number of benzene rings is 2. The van der Waals surface area contributed by atoms with Crippen molar-refractivity contribution in [3.05, 3.63) is 54.6 Å². The molecule has 0 radical (unpaired) electrons. The average Bonchev–Trinajstić information content (AvgIpc) is 2.41. The normalized spacial score (nSPS) is 12.0. The zero-order chi connectivity index (χ0) is 15.5. The van der Waals surface area contributed by atoms with Gasteiger partial charge in [-0.15, -0.1) is 0 Å². The molecule has 0 aliphatic rings. The van der Waals surface area contributed by atoms with Crippen molar-refractivity contribution in [2.24, 2.45) is 0 Å². The molecule has 0 aromatic heterocycles. The lowest BCUT2D eigenvalue weighted by atomic mass is 10.2. The summed E-state index contributed by atoms with van der Waals surface area (Å²) in [5, 5.41) is 3.60. The summed E-state index contributed by atoms with van der Waals surface area (Å²) in [5.74, 6) is 0.959. The van der Waals surface area contributed by atoms with Crippen LogP contribution in [-0.4, -0.2) is 8.32 Å². The van der Waals surface area contributed by atoms with Crippen LogP contribution in [0.3, 0.4) is 0 Å². The summed E-state index contributed by atoms with van der Waals surface area (Å²) in [5.41, 5.74) is 2.17. The topological polar surface area (TPSA) is 21.3 Å². The molecular formula is C18H25NOSi. The molecule has 2 aromatic rings. The van der Waals surface area contributed by atoms with E-state index in [0.29, 0.717) is 0 Å². The van der Waals surface area contributed by atoms with Crippen LogP contribution < -0.4 is 9.74 Å². The fourth-order valence-electron chi connectivity index (χ4n) is 1.74. The second-order valence-electron chi connectivity index (χ2n) is 6.88. The van der Waals surface area contributed by atoms with Crippen LogP contribution >= 0.6 is 0 Å². The lowest BCUT2D eigenvalue weighted by Crippen LogP contribution is -2.43. The number of hydrogen-bond acceptors (Lipinski definition) is 2. The standard InChI is InChI=1S/C18H25NOSi/c1-18(2,3)21(4,5)20-17-13-11-16(12-14-17)19-15-9-7-6-8-10-15/h6-14,19H,1-5H3. The van der Waals surface area contributed by atoms with E-state index in [-0.39, 0.29) is 5.04 Å². The Balaban J connectivity index is 2.06. The Morgan fingerprint density at radius 2 is 1.33 bits per heavy atom. The SMILES string of the molecule is CC(C)(C)[Si](C)(C)Oc1ccc(Nc2ccccc2)cc1. The second kappa shape index (κ2) is 5.94. The van der Waals surface area contributed by atoms with Gasteiger partial charge in [-0.05, 0) is 54.5 Å². The number of hydrogen-bond donors (Lipinski definition) is 1. The van der Waals surface area contributed by atoms with E-state index in [9.17, 15) is 0 Å². The Bertz CT molecular complexity index is 570. The highest BCUT2D eigenvalue weighted by Gasteiger charge is 2.38. The van der Waals surface area contributed by atoms with Gasteiger partial charge >= 0.3 is 0 Å². The van der Waals surface area contributed by atoms with Gasteiger partial charge in [0, 0.05) is 11.4 Å². The van der Waals surface area contributed by atoms with Crippen molar-refractivity contribution in [2.45, 2.75) is 38.9 Å². The maximum Gasteiger partial charge on any atom is 0.250 e. The van der Waals surface area contributed by atoms with Crippen molar-refractivity contribution in [3.8, 4) is 5.75 Å². The number of anilines is 2.